The summed E-state index contributed by atoms with van der Waals surface area (Å²) in [4.78, 5) is 2.34. The number of nitrogens with zero attached hydrogens (tertiary/aromatic N) is 2. The van der Waals surface area contributed by atoms with Crippen molar-refractivity contribution in [2.75, 3.05) is 4.90 Å². The van der Waals surface area contributed by atoms with Gasteiger partial charge in [0.05, 0.1) is 16.7 Å². The summed E-state index contributed by atoms with van der Waals surface area (Å²) in [6.45, 7) is 0. The summed E-state index contributed by atoms with van der Waals surface area (Å²) in [7, 11) is 0. The molecule has 0 unspecified atom stereocenters. The number of rotatable bonds is 6. The number of thiophene rings is 1. The van der Waals surface area contributed by atoms with Crippen molar-refractivity contribution >= 4 is 92.3 Å². The molecule has 0 atom stereocenters. The number of furan rings is 1. The number of fused-ring (bicyclic) bond motifs is 9. The Kier molecular flexibility index (Phi) is 7.40. The van der Waals surface area contributed by atoms with Crippen LogP contribution in [0.5, 0.6) is 0 Å². The van der Waals surface area contributed by atoms with E-state index < -0.39 is 0 Å². The number of benzene rings is 9. The minimum Gasteiger partial charge on any atom is -0.456 e. The molecular formula is C54H34N2OS. The third-order valence-electron chi connectivity index (χ3n) is 11.6. The summed E-state index contributed by atoms with van der Waals surface area (Å²) in [6, 6.07) is 74.4. The fraction of sp³-hybridized carbons (Fsp3) is 0. The average Bonchev–Trinajstić information content (AvgIpc) is 3.96. The number of para-hydroxylation sites is 4. The van der Waals surface area contributed by atoms with Gasteiger partial charge in [0.15, 0.2) is 0 Å². The summed E-state index contributed by atoms with van der Waals surface area (Å²) in [5.41, 5.74) is 13.3. The van der Waals surface area contributed by atoms with Crippen LogP contribution in [-0.4, -0.2) is 4.57 Å². The first-order chi connectivity index (χ1) is 28.7. The van der Waals surface area contributed by atoms with Crippen molar-refractivity contribution in [2.24, 2.45) is 0 Å². The third kappa shape index (κ3) is 5.19. The van der Waals surface area contributed by atoms with Gasteiger partial charge in [0, 0.05) is 70.4 Å². The molecule has 0 aliphatic rings. The highest BCUT2D eigenvalue weighted by Gasteiger charge is 2.18. The van der Waals surface area contributed by atoms with Gasteiger partial charge < -0.3 is 13.9 Å². The first-order valence-corrected chi connectivity index (χ1v) is 20.5. The lowest BCUT2D eigenvalue weighted by atomic mass is 9.98. The van der Waals surface area contributed by atoms with Gasteiger partial charge in [-0.2, -0.15) is 0 Å². The Morgan fingerprint density at radius 1 is 0.362 bits per heavy atom. The van der Waals surface area contributed by atoms with Gasteiger partial charge in [-0.05, 0) is 83.4 Å². The highest BCUT2D eigenvalue weighted by molar-refractivity contribution is 7.25. The lowest BCUT2D eigenvalue weighted by Crippen LogP contribution is -2.09. The SMILES string of the molecule is c1ccc(-n2c3ccccc3c3ccccc32)c(-c2ccc(-c3ccc(N(c4ccc5c(c4)oc4ccccc45)c4ccc5c(c4)sc4ccccc45)cc3)cc2)c1. The zero-order valence-corrected chi connectivity index (χ0v) is 32.2. The predicted octanol–water partition coefficient (Wildman–Crippen LogP) is 15.9. The van der Waals surface area contributed by atoms with Crippen LogP contribution in [0, 0.1) is 0 Å². The minimum absolute atomic E-state index is 0.878. The van der Waals surface area contributed by atoms with E-state index in [1.807, 2.05) is 23.5 Å². The first kappa shape index (κ1) is 32.8. The van der Waals surface area contributed by atoms with Crippen molar-refractivity contribution in [1.29, 1.82) is 0 Å². The van der Waals surface area contributed by atoms with Crippen molar-refractivity contribution in [3.63, 3.8) is 0 Å². The molecule has 12 rings (SSSR count). The number of hydrogen-bond acceptors (Lipinski definition) is 3. The summed E-state index contributed by atoms with van der Waals surface area (Å²) in [5.74, 6) is 0. The second-order valence-corrected chi connectivity index (χ2v) is 16.0. The Hall–Kier alpha value is -7.40. The fourth-order valence-electron chi connectivity index (χ4n) is 8.89. The molecule has 0 aliphatic carbocycles. The Labute approximate surface area is 338 Å². The zero-order chi connectivity index (χ0) is 38.2. The van der Waals surface area contributed by atoms with Crippen LogP contribution in [0.25, 0.3) is 91.9 Å². The molecule has 58 heavy (non-hydrogen) atoms. The van der Waals surface area contributed by atoms with Gasteiger partial charge in [0.2, 0.25) is 0 Å². The topological polar surface area (TPSA) is 21.3 Å². The van der Waals surface area contributed by atoms with Crippen LogP contribution in [0.2, 0.25) is 0 Å². The second kappa shape index (κ2) is 13.1. The third-order valence-corrected chi connectivity index (χ3v) is 12.8. The monoisotopic (exact) mass is 758 g/mol. The van der Waals surface area contributed by atoms with E-state index in [4.69, 9.17) is 4.42 Å². The average molecular weight is 759 g/mol. The molecule has 3 heterocycles. The van der Waals surface area contributed by atoms with Gasteiger partial charge >= 0.3 is 0 Å². The van der Waals surface area contributed by atoms with Gasteiger partial charge in [-0.1, -0.05) is 133 Å². The van der Waals surface area contributed by atoms with Crippen molar-refractivity contribution in [3.8, 4) is 27.9 Å². The van der Waals surface area contributed by atoms with Crippen LogP contribution >= 0.6 is 11.3 Å². The van der Waals surface area contributed by atoms with E-state index in [0.29, 0.717) is 0 Å². The Morgan fingerprint density at radius 2 is 0.879 bits per heavy atom. The van der Waals surface area contributed by atoms with Gasteiger partial charge in [-0.15, -0.1) is 11.3 Å². The van der Waals surface area contributed by atoms with Crippen molar-refractivity contribution < 1.29 is 4.42 Å². The molecule has 12 aromatic rings. The number of hydrogen-bond donors (Lipinski definition) is 0. The van der Waals surface area contributed by atoms with Crippen LogP contribution < -0.4 is 4.90 Å². The van der Waals surface area contributed by atoms with Crippen LogP contribution in [0.4, 0.5) is 17.1 Å². The van der Waals surface area contributed by atoms with E-state index in [-0.39, 0.29) is 0 Å². The maximum atomic E-state index is 6.38. The molecule has 0 fully saturated rings. The van der Waals surface area contributed by atoms with E-state index in [9.17, 15) is 0 Å². The summed E-state index contributed by atoms with van der Waals surface area (Å²) in [5, 5.41) is 7.37. The molecule has 0 saturated heterocycles. The fourth-order valence-corrected chi connectivity index (χ4v) is 10.0. The molecule has 0 aliphatic heterocycles. The van der Waals surface area contributed by atoms with Gasteiger partial charge in [-0.3, -0.25) is 0 Å². The van der Waals surface area contributed by atoms with Crippen LogP contribution in [0.15, 0.2) is 211 Å². The summed E-state index contributed by atoms with van der Waals surface area (Å²) in [6.07, 6.45) is 0. The zero-order valence-electron chi connectivity index (χ0n) is 31.3. The molecule has 0 spiro atoms. The largest absolute Gasteiger partial charge is 0.456 e. The molecule has 0 saturated carbocycles. The molecule has 3 nitrogen and oxygen atoms in total. The minimum atomic E-state index is 0.878. The first-order valence-electron chi connectivity index (χ1n) is 19.7. The van der Waals surface area contributed by atoms with Crippen LogP contribution in [0.3, 0.4) is 0 Å². The van der Waals surface area contributed by atoms with Crippen LogP contribution in [-0.2, 0) is 0 Å². The maximum absolute atomic E-state index is 6.38. The number of aromatic nitrogens is 1. The Bertz CT molecular complexity index is 3350. The predicted molar refractivity (Wildman–Crippen MR) is 247 cm³/mol. The summed E-state index contributed by atoms with van der Waals surface area (Å²) >= 11 is 1.84. The smallest absolute Gasteiger partial charge is 0.137 e. The molecule has 0 bridgehead atoms. The lowest BCUT2D eigenvalue weighted by molar-refractivity contribution is 0.669. The van der Waals surface area contributed by atoms with Crippen molar-refractivity contribution in [2.45, 2.75) is 0 Å². The lowest BCUT2D eigenvalue weighted by Gasteiger charge is -2.26. The molecule has 272 valence electrons. The van der Waals surface area contributed by atoms with Crippen molar-refractivity contribution in [1.82, 2.24) is 4.57 Å². The van der Waals surface area contributed by atoms with Crippen LogP contribution in [0.1, 0.15) is 0 Å². The van der Waals surface area contributed by atoms with E-state index >= 15 is 0 Å². The van der Waals surface area contributed by atoms with E-state index in [2.05, 4.69) is 204 Å². The molecule has 4 heteroatoms. The molecular weight excluding hydrogens is 725 g/mol. The summed E-state index contributed by atoms with van der Waals surface area (Å²) < 4.78 is 11.4. The standard InChI is InChI=1S/C54H34N2OS/c1-6-16-48(56-49-17-7-2-12-42(49)43-13-3-8-18-50(43)56)41(11-1)37-23-21-35(22-24-37)36-25-27-38(28-26-36)55(39-29-31-45-44-14-4-9-19-51(44)57-52(45)33-39)40-30-32-47-46-15-5-10-20-53(46)58-54(47)34-40/h1-34H. The number of anilines is 3. The van der Waals surface area contributed by atoms with Gasteiger partial charge in [-0.25, -0.2) is 0 Å². The van der Waals surface area contributed by atoms with E-state index in [0.717, 1.165) is 39.0 Å². The van der Waals surface area contributed by atoms with Gasteiger partial charge in [0.25, 0.3) is 0 Å². The van der Waals surface area contributed by atoms with E-state index in [1.54, 1.807) is 0 Å². The molecule has 3 aromatic heterocycles. The van der Waals surface area contributed by atoms with Gasteiger partial charge in [0.1, 0.15) is 11.2 Å². The quantitative estimate of drug-likeness (QED) is 0.168. The molecule has 0 amide bonds. The highest BCUT2D eigenvalue weighted by Crippen LogP contribution is 2.43. The second-order valence-electron chi connectivity index (χ2n) is 14.9. The molecule has 0 N–H and O–H groups in total. The normalized spacial score (nSPS) is 11.8. The van der Waals surface area contributed by atoms with E-state index in [1.165, 1.54) is 69.9 Å². The Balaban J connectivity index is 0.924. The maximum Gasteiger partial charge on any atom is 0.137 e. The molecule has 9 aromatic carbocycles. The Morgan fingerprint density at radius 3 is 1.64 bits per heavy atom. The highest BCUT2D eigenvalue weighted by atomic mass is 32.1. The van der Waals surface area contributed by atoms with Crippen molar-refractivity contribution in [3.05, 3.63) is 206 Å². The molecule has 0 radical (unpaired) electrons.